The third-order valence-corrected chi connectivity index (χ3v) is 4.17. The molecule has 1 aliphatic rings. The Morgan fingerprint density at radius 3 is 2.73 bits per heavy atom. The van der Waals surface area contributed by atoms with E-state index in [0.29, 0.717) is 12.6 Å². The van der Waals surface area contributed by atoms with Gasteiger partial charge in [0.15, 0.2) is 0 Å². The highest BCUT2D eigenvalue weighted by Gasteiger charge is 2.21. The second-order valence-corrected chi connectivity index (χ2v) is 5.97. The normalized spacial score (nSPS) is 14.1. The first kappa shape index (κ1) is 14.9. The first-order valence-corrected chi connectivity index (χ1v) is 7.67. The van der Waals surface area contributed by atoms with Gasteiger partial charge in [0.05, 0.1) is 12.8 Å². The van der Waals surface area contributed by atoms with Crippen LogP contribution in [0.4, 0.5) is 0 Å². The minimum atomic E-state index is 0.0502. The number of pyridine rings is 1. The minimum absolute atomic E-state index is 0.0502. The van der Waals surface area contributed by atoms with Gasteiger partial charge in [-0.2, -0.15) is 0 Å². The van der Waals surface area contributed by atoms with Gasteiger partial charge in [-0.1, -0.05) is 17.7 Å². The summed E-state index contributed by atoms with van der Waals surface area (Å²) in [6, 6.07) is 10.5. The molecule has 2 aromatic rings. The van der Waals surface area contributed by atoms with Gasteiger partial charge in [-0.3, -0.25) is 4.79 Å². The van der Waals surface area contributed by atoms with Gasteiger partial charge >= 0.3 is 0 Å². The Morgan fingerprint density at radius 1 is 1.27 bits per heavy atom. The molecular weight excluding hydrogens is 276 g/mol. The van der Waals surface area contributed by atoms with E-state index in [2.05, 4.69) is 11.4 Å². The van der Waals surface area contributed by atoms with Gasteiger partial charge in [0.1, 0.15) is 5.75 Å². The number of hydrogen-bond acceptors (Lipinski definition) is 3. The van der Waals surface area contributed by atoms with Crippen molar-refractivity contribution >= 4 is 0 Å². The summed E-state index contributed by atoms with van der Waals surface area (Å²) in [5.74, 6) is 0.782. The van der Waals surface area contributed by atoms with Crippen molar-refractivity contribution in [2.24, 2.45) is 7.05 Å². The molecule has 1 saturated carbocycles. The molecule has 1 aromatic carbocycles. The van der Waals surface area contributed by atoms with Gasteiger partial charge < -0.3 is 14.6 Å². The average Bonchev–Trinajstić information content (AvgIpc) is 3.33. The number of aromatic nitrogens is 1. The van der Waals surface area contributed by atoms with E-state index in [-0.39, 0.29) is 5.56 Å². The summed E-state index contributed by atoms with van der Waals surface area (Å²) in [4.78, 5) is 12.6. The zero-order chi connectivity index (χ0) is 15.7. The Morgan fingerprint density at radius 2 is 2.05 bits per heavy atom. The molecule has 0 radical (unpaired) electrons. The minimum Gasteiger partial charge on any atom is -0.496 e. The van der Waals surface area contributed by atoms with E-state index in [4.69, 9.17) is 4.74 Å². The van der Waals surface area contributed by atoms with Crippen molar-refractivity contribution in [1.82, 2.24) is 9.88 Å². The molecule has 4 heteroatoms. The number of nitrogens with one attached hydrogen (secondary N) is 1. The van der Waals surface area contributed by atoms with Crippen LogP contribution in [0, 0.1) is 6.92 Å². The lowest BCUT2D eigenvalue weighted by molar-refractivity contribution is 0.416. The maximum atomic E-state index is 12.6. The van der Waals surface area contributed by atoms with E-state index in [1.807, 2.05) is 38.2 Å². The molecule has 1 fully saturated rings. The van der Waals surface area contributed by atoms with Crippen LogP contribution in [0.1, 0.15) is 24.0 Å². The van der Waals surface area contributed by atoms with Crippen LogP contribution in [0.2, 0.25) is 0 Å². The van der Waals surface area contributed by atoms with Gasteiger partial charge in [-0.05, 0) is 38.0 Å². The van der Waals surface area contributed by atoms with E-state index >= 15 is 0 Å². The number of ether oxygens (including phenoxy) is 1. The van der Waals surface area contributed by atoms with Crippen molar-refractivity contribution in [3.8, 4) is 17.0 Å². The predicted octanol–water partition coefficient (Wildman–Crippen LogP) is 2.62. The molecular formula is C18H22N2O2. The van der Waals surface area contributed by atoms with Crippen molar-refractivity contribution in [1.29, 1.82) is 0 Å². The smallest absolute Gasteiger partial charge is 0.255 e. The molecule has 116 valence electrons. The summed E-state index contributed by atoms with van der Waals surface area (Å²) in [6.45, 7) is 2.68. The summed E-state index contributed by atoms with van der Waals surface area (Å²) in [5.41, 5.74) is 3.83. The zero-order valence-corrected chi connectivity index (χ0v) is 13.3. The van der Waals surface area contributed by atoms with Crippen LogP contribution in [-0.4, -0.2) is 17.7 Å². The van der Waals surface area contributed by atoms with Crippen molar-refractivity contribution in [2.75, 3.05) is 7.11 Å². The first-order valence-electron chi connectivity index (χ1n) is 7.67. The Balaban J connectivity index is 1.99. The molecule has 3 rings (SSSR count). The van der Waals surface area contributed by atoms with Crippen LogP contribution >= 0.6 is 0 Å². The molecule has 1 aromatic heterocycles. The van der Waals surface area contributed by atoms with E-state index in [1.54, 1.807) is 11.7 Å². The van der Waals surface area contributed by atoms with Crippen LogP contribution in [-0.2, 0) is 13.6 Å². The van der Waals surface area contributed by atoms with E-state index in [0.717, 1.165) is 28.1 Å². The SMILES string of the molecule is COc1ccc(C)cc1-c1ccc(CNC2CC2)c(=O)n1C. The molecule has 22 heavy (non-hydrogen) atoms. The van der Waals surface area contributed by atoms with Gasteiger partial charge in [0.25, 0.3) is 5.56 Å². The second kappa shape index (κ2) is 5.97. The standard InChI is InChI=1S/C18H22N2O2/c1-12-4-9-17(22-3)15(10-12)16-8-5-13(18(21)20(16)2)11-19-14-6-7-14/h4-5,8-10,14,19H,6-7,11H2,1-3H3. The highest BCUT2D eigenvalue weighted by atomic mass is 16.5. The zero-order valence-electron chi connectivity index (χ0n) is 13.3. The fraction of sp³-hybridized carbons (Fsp3) is 0.389. The number of methoxy groups -OCH3 is 1. The van der Waals surface area contributed by atoms with Crippen LogP contribution in [0.25, 0.3) is 11.3 Å². The van der Waals surface area contributed by atoms with Gasteiger partial charge in [0, 0.05) is 30.8 Å². The van der Waals surface area contributed by atoms with Crippen molar-refractivity contribution in [3.63, 3.8) is 0 Å². The molecule has 0 unspecified atom stereocenters. The molecule has 1 N–H and O–H groups in total. The predicted molar refractivity (Wildman–Crippen MR) is 88.3 cm³/mol. The van der Waals surface area contributed by atoms with Gasteiger partial charge in [-0.25, -0.2) is 0 Å². The fourth-order valence-corrected chi connectivity index (χ4v) is 2.66. The lowest BCUT2D eigenvalue weighted by Crippen LogP contribution is -2.27. The Hall–Kier alpha value is -2.07. The third-order valence-electron chi connectivity index (χ3n) is 4.17. The molecule has 0 saturated heterocycles. The van der Waals surface area contributed by atoms with Crippen LogP contribution in [0.5, 0.6) is 5.75 Å². The Kier molecular flexibility index (Phi) is 4.03. The molecule has 0 spiro atoms. The topological polar surface area (TPSA) is 43.3 Å². The van der Waals surface area contributed by atoms with E-state index in [9.17, 15) is 4.79 Å². The summed E-state index contributed by atoms with van der Waals surface area (Å²) >= 11 is 0. The van der Waals surface area contributed by atoms with Crippen molar-refractivity contribution < 1.29 is 4.74 Å². The molecule has 0 aliphatic heterocycles. The summed E-state index contributed by atoms with van der Waals surface area (Å²) in [5, 5.41) is 3.39. The lowest BCUT2D eigenvalue weighted by Gasteiger charge is -2.14. The highest BCUT2D eigenvalue weighted by molar-refractivity contribution is 5.68. The summed E-state index contributed by atoms with van der Waals surface area (Å²) in [7, 11) is 3.47. The monoisotopic (exact) mass is 298 g/mol. The molecule has 1 heterocycles. The quantitative estimate of drug-likeness (QED) is 0.923. The maximum Gasteiger partial charge on any atom is 0.255 e. The maximum absolute atomic E-state index is 12.6. The first-order chi connectivity index (χ1) is 10.6. The van der Waals surface area contributed by atoms with E-state index in [1.165, 1.54) is 12.8 Å². The third kappa shape index (κ3) is 2.92. The highest BCUT2D eigenvalue weighted by Crippen LogP contribution is 2.30. The average molecular weight is 298 g/mol. The Labute approximate surface area is 130 Å². The number of aryl methyl sites for hydroxylation is 1. The van der Waals surface area contributed by atoms with Crippen molar-refractivity contribution in [3.05, 3.63) is 51.8 Å². The Bertz CT molecular complexity index is 745. The molecule has 0 atom stereocenters. The number of nitrogens with zero attached hydrogens (tertiary/aromatic N) is 1. The number of benzene rings is 1. The number of hydrogen-bond donors (Lipinski definition) is 1. The lowest BCUT2D eigenvalue weighted by atomic mass is 10.1. The largest absolute Gasteiger partial charge is 0.496 e. The van der Waals surface area contributed by atoms with Crippen LogP contribution < -0.4 is 15.6 Å². The van der Waals surface area contributed by atoms with E-state index < -0.39 is 0 Å². The van der Waals surface area contributed by atoms with Gasteiger partial charge in [-0.15, -0.1) is 0 Å². The summed E-state index contributed by atoms with van der Waals surface area (Å²) < 4.78 is 7.15. The van der Waals surface area contributed by atoms with Gasteiger partial charge in [0.2, 0.25) is 0 Å². The van der Waals surface area contributed by atoms with Crippen LogP contribution in [0.3, 0.4) is 0 Å². The molecule has 4 nitrogen and oxygen atoms in total. The van der Waals surface area contributed by atoms with Crippen molar-refractivity contribution in [2.45, 2.75) is 32.4 Å². The summed E-state index contributed by atoms with van der Waals surface area (Å²) in [6.07, 6.45) is 2.44. The van der Waals surface area contributed by atoms with Crippen LogP contribution in [0.15, 0.2) is 35.1 Å². The fourth-order valence-electron chi connectivity index (χ4n) is 2.66. The molecule has 0 bridgehead atoms. The molecule has 1 aliphatic carbocycles. The molecule has 0 amide bonds. The second-order valence-electron chi connectivity index (χ2n) is 5.97. The number of rotatable bonds is 5.